The summed E-state index contributed by atoms with van der Waals surface area (Å²) in [5.74, 6) is 1.91. The van der Waals surface area contributed by atoms with Gasteiger partial charge in [-0.1, -0.05) is 43.7 Å². The number of unbranched alkanes of at least 4 members (excludes halogenated alkanes) is 1. The molecule has 0 amide bonds. The van der Waals surface area contributed by atoms with Crippen molar-refractivity contribution < 1.29 is 9.47 Å². The van der Waals surface area contributed by atoms with Crippen molar-refractivity contribution >= 4 is 5.57 Å². The maximum atomic E-state index is 6.00. The van der Waals surface area contributed by atoms with Gasteiger partial charge in [-0.15, -0.1) is 0 Å². The highest BCUT2D eigenvalue weighted by Gasteiger charge is 2.12. The molecular formula is C29H40N2O2. The van der Waals surface area contributed by atoms with Crippen LogP contribution in [0.15, 0.2) is 54.6 Å². The second-order valence-corrected chi connectivity index (χ2v) is 9.25. The first-order valence-corrected chi connectivity index (χ1v) is 12.9. The molecular weight excluding hydrogens is 408 g/mol. The maximum Gasteiger partial charge on any atom is 0.119 e. The Kier molecular flexibility index (Phi) is 9.26. The van der Waals surface area contributed by atoms with E-state index in [1.54, 1.807) is 0 Å². The van der Waals surface area contributed by atoms with Crippen molar-refractivity contribution in [2.45, 2.75) is 45.4 Å². The molecule has 0 aromatic heterocycles. The maximum absolute atomic E-state index is 6.00. The van der Waals surface area contributed by atoms with Crippen molar-refractivity contribution in [3.63, 3.8) is 0 Å². The number of hydrogen-bond acceptors (Lipinski definition) is 4. The zero-order chi connectivity index (χ0) is 22.7. The van der Waals surface area contributed by atoms with Crippen LogP contribution in [0.3, 0.4) is 0 Å². The fourth-order valence-corrected chi connectivity index (χ4v) is 4.75. The number of allylic oxidation sites excluding steroid dienone is 1. The van der Waals surface area contributed by atoms with Crippen molar-refractivity contribution in [1.29, 1.82) is 0 Å². The van der Waals surface area contributed by atoms with Crippen LogP contribution in [-0.2, 0) is 0 Å². The van der Waals surface area contributed by atoms with E-state index in [2.05, 4.69) is 71.3 Å². The van der Waals surface area contributed by atoms with E-state index in [0.29, 0.717) is 0 Å². The molecule has 4 heteroatoms. The van der Waals surface area contributed by atoms with Gasteiger partial charge in [0.15, 0.2) is 0 Å². The molecule has 0 N–H and O–H groups in total. The molecule has 0 radical (unpaired) electrons. The summed E-state index contributed by atoms with van der Waals surface area (Å²) in [7, 11) is 0. The highest BCUT2D eigenvalue weighted by molar-refractivity contribution is 5.80. The number of hydrogen-bond donors (Lipinski definition) is 0. The van der Waals surface area contributed by atoms with Crippen LogP contribution in [0.25, 0.3) is 5.57 Å². The van der Waals surface area contributed by atoms with E-state index in [9.17, 15) is 0 Å². The Morgan fingerprint density at radius 2 is 1.12 bits per heavy atom. The first kappa shape index (κ1) is 23.8. The standard InChI is InChI=1S/C29H40N2O2/c1-2-3-8-29(25-9-13-27(14-10-25)32-23-21-30-17-4-5-18-30)26-11-15-28(16-12-26)33-24-22-31-19-6-7-20-31/h8-16H,2-7,17-24H2,1H3. The van der Waals surface area contributed by atoms with Crippen LogP contribution in [0.5, 0.6) is 11.5 Å². The average Bonchev–Trinajstić information content (AvgIpc) is 3.56. The minimum Gasteiger partial charge on any atom is -0.492 e. The molecule has 0 unspecified atom stereocenters. The molecule has 2 aliphatic heterocycles. The van der Waals surface area contributed by atoms with E-state index < -0.39 is 0 Å². The first-order chi connectivity index (χ1) is 16.3. The lowest BCUT2D eigenvalue weighted by molar-refractivity contribution is 0.237. The molecule has 178 valence electrons. The zero-order valence-electron chi connectivity index (χ0n) is 20.3. The molecule has 4 nitrogen and oxygen atoms in total. The normalized spacial score (nSPS) is 16.8. The Balaban J connectivity index is 1.33. The van der Waals surface area contributed by atoms with Crippen LogP contribution in [0.1, 0.15) is 56.6 Å². The summed E-state index contributed by atoms with van der Waals surface area (Å²) in [4.78, 5) is 4.97. The second kappa shape index (κ2) is 12.8. The predicted octanol–water partition coefficient (Wildman–Crippen LogP) is 5.87. The van der Waals surface area contributed by atoms with Crippen LogP contribution >= 0.6 is 0 Å². The Morgan fingerprint density at radius 3 is 1.52 bits per heavy atom. The molecule has 0 saturated carbocycles. The molecule has 0 spiro atoms. The fraction of sp³-hybridized carbons (Fsp3) is 0.517. The number of rotatable bonds is 12. The van der Waals surface area contributed by atoms with Gasteiger partial charge in [-0.25, -0.2) is 0 Å². The smallest absolute Gasteiger partial charge is 0.119 e. The van der Waals surface area contributed by atoms with Crippen molar-refractivity contribution in [3.8, 4) is 11.5 Å². The van der Waals surface area contributed by atoms with Gasteiger partial charge in [0.1, 0.15) is 24.7 Å². The molecule has 0 bridgehead atoms. The predicted molar refractivity (Wildman–Crippen MR) is 137 cm³/mol. The second-order valence-electron chi connectivity index (χ2n) is 9.25. The Labute approximate surface area is 200 Å². The Hall–Kier alpha value is -2.30. The van der Waals surface area contributed by atoms with Gasteiger partial charge in [-0.3, -0.25) is 9.80 Å². The number of ether oxygens (including phenoxy) is 2. The van der Waals surface area contributed by atoms with Gasteiger partial charge in [-0.2, -0.15) is 0 Å². The molecule has 2 saturated heterocycles. The van der Waals surface area contributed by atoms with Gasteiger partial charge in [0, 0.05) is 13.1 Å². The molecule has 2 aromatic rings. The molecule has 2 aliphatic rings. The van der Waals surface area contributed by atoms with E-state index in [0.717, 1.165) is 50.6 Å². The molecule has 33 heavy (non-hydrogen) atoms. The van der Waals surface area contributed by atoms with Crippen molar-refractivity contribution in [3.05, 3.63) is 65.7 Å². The molecule has 4 rings (SSSR count). The third kappa shape index (κ3) is 7.35. The van der Waals surface area contributed by atoms with Gasteiger partial charge >= 0.3 is 0 Å². The minimum atomic E-state index is 0.761. The van der Waals surface area contributed by atoms with Crippen molar-refractivity contribution in [1.82, 2.24) is 9.80 Å². The first-order valence-electron chi connectivity index (χ1n) is 12.9. The third-order valence-corrected chi connectivity index (χ3v) is 6.72. The third-order valence-electron chi connectivity index (χ3n) is 6.72. The summed E-state index contributed by atoms with van der Waals surface area (Å²) in [6.07, 6.45) is 9.87. The fourth-order valence-electron chi connectivity index (χ4n) is 4.75. The summed E-state index contributed by atoms with van der Waals surface area (Å²) >= 11 is 0. The number of benzene rings is 2. The lowest BCUT2D eigenvalue weighted by Crippen LogP contribution is -2.25. The van der Waals surface area contributed by atoms with Gasteiger partial charge in [0.2, 0.25) is 0 Å². The highest BCUT2D eigenvalue weighted by atomic mass is 16.5. The Morgan fingerprint density at radius 1 is 0.697 bits per heavy atom. The van der Waals surface area contributed by atoms with E-state index in [1.807, 2.05) is 0 Å². The zero-order valence-corrected chi connectivity index (χ0v) is 20.3. The van der Waals surface area contributed by atoms with E-state index in [1.165, 1.54) is 68.6 Å². The van der Waals surface area contributed by atoms with E-state index in [4.69, 9.17) is 9.47 Å². The largest absolute Gasteiger partial charge is 0.492 e. The molecule has 2 fully saturated rings. The van der Waals surface area contributed by atoms with Crippen molar-refractivity contribution in [2.75, 3.05) is 52.5 Å². The SMILES string of the molecule is CCCC=C(c1ccc(OCCN2CCCC2)cc1)c1ccc(OCCN2CCCC2)cc1. The summed E-state index contributed by atoms with van der Waals surface area (Å²) in [5.41, 5.74) is 3.75. The highest BCUT2D eigenvalue weighted by Crippen LogP contribution is 2.28. The quantitative estimate of drug-likeness (QED) is 0.406. The summed E-state index contributed by atoms with van der Waals surface area (Å²) in [5, 5.41) is 0. The summed E-state index contributed by atoms with van der Waals surface area (Å²) in [6.45, 7) is 10.7. The topological polar surface area (TPSA) is 24.9 Å². The van der Waals surface area contributed by atoms with Crippen LogP contribution in [0.2, 0.25) is 0 Å². The van der Waals surface area contributed by atoms with Crippen molar-refractivity contribution in [2.24, 2.45) is 0 Å². The average molecular weight is 449 g/mol. The van der Waals surface area contributed by atoms with Crippen LogP contribution < -0.4 is 9.47 Å². The lowest BCUT2D eigenvalue weighted by atomic mass is 9.96. The molecule has 0 atom stereocenters. The van der Waals surface area contributed by atoms with Crippen LogP contribution in [-0.4, -0.2) is 62.3 Å². The van der Waals surface area contributed by atoms with Crippen LogP contribution in [0, 0.1) is 0 Å². The lowest BCUT2D eigenvalue weighted by Gasteiger charge is -2.16. The molecule has 2 aromatic carbocycles. The van der Waals surface area contributed by atoms with Gasteiger partial charge in [0.05, 0.1) is 0 Å². The minimum absolute atomic E-state index is 0.761. The number of nitrogens with zero attached hydrogens (tertiary/aromatic N) is 2. The van der Waals surface area contributed by atoms with Gasteiger partial charge < -0.3 is 9.47 Å². The molecule has 0 aliphatic carbocycles. The summed E-state index contributed by atoms with van der Waals surface area (Å²) < 4.78 is 12.0. The number of likely N-dealkylation sites (tertiary alicyclic amines) is 2. The van der Waals surface area contributed by atoms with E-state index in [-0.39, 0.29) is 0 Å². The monoisotopic (exact) mass is 448 g/mol. The van der Waals surface area contributed by atoms with Crippen LogP contribution in [0.4, 0.5) is 0 Å². The van der Waals surface area contributed by atoms with Gasteiger partial charge in [-0.05, 0) is 99.2 Å². The Bertz CT molecular complexity index is 781. The summed E-state index contributed by atoms with van der Waals surface area (Å²) in [6, 6.07) is 17.2. The van der Waals surface area contributed by atoms with E-state index >= 15 is 0 Å². The molecule has 2 heterocycles. The van der Waals surface area contributed by atoms with Gasteiger partial charge in [0.25, 0.3) is 0 Å².